The van der Waals surface area contributed by atoms with Crippen molar-refractivity contribution in [3.63, 3.8) is 0 Å². The highest BCUT2D eigenvalue weighted by Crippen LogP contribution is 2.21. The van der Waals surface area contributed by atoms with Crippen LogP contribution in [-0.2, 0) is 4.79 Å². The van der Waals surface area contributed by atoms with Crippen LogP contribution in [-0.4, -0.2) is 28.6 Å². The maximum absolute atomic E-state index is 12.4. The summed E-state index contributed by atoms with van der Waals surface area (Å²) in [6, 6.07) is 17.0. The van der Waals surface area contributed by atoms with Crippen molar-refractivity contribution in [1.29, 1.82) is 0 Å². The van der Waals surface area contributed by atoms with Crippen molar-refractivity contribution >= 4 is 17.5 Å². The summed E-state index contributed by atoms with van der Waals surface area (Å²) in [5.41, 5.74) is 3.86. The summed E-state index contributed by atoms with van der Waals surface area (Å²) in [7, 11) is 0. The number of carbonyl (C=O) groups excluding carboxylic acids is 2. The number of aromatic amines is 1. The fourth-order valence-corrected chi connectivity index (χ4v) is 2.61. The molecule has 0 unspecified atom stereocenters. The van der Waals surface area contributed by atoms with Crippen LogP contribution in [0.25, 0.3) is 11.3 Å². The normalized spacial score (nSPS) is 10.3. The molecule has 6 nitrogen and oxygen atoms in total. The second-order valence-corrected chi connectivity index (χ2v) is 5.95. The Kier molecular flexibility index (Phi) is 5.43. The number of H-pyrrole nitrogens is 1. The average Bonchev–Trinajstić information content (AvgIpc) is 3.12. The largest absolute Gasteiger partial charge is 0.351 e. The first-order chi connectivity index (χ1) is 12.6. The van der Waals surface area contributed by atoms with Crippen LogP contribution in [0.1, 0.15) is 22.3 Å². The first-order valence-corrected chi connectivity index (χ1v) is 8.37. The summed E-state index contributed by atoms with van der Waals surface area (Å²) in [6.45, 7) is 2.24. The van der Waals surface area contributed by atoms with Crippen molar-refractivity contribution in [3.8, 4) is 11.3 Å². The van der Waals surface area contributed by atoms with Crippen LogP contribution >= 0.6 is 0 Å². The molecular formula is C20H20N4O2. The number of rotatable bonds is 6. The molecular weight excluding hydrogens is 328 g/mol. The molecule has 0 aliphatic heterocycles. The summed E-state index contributed by atoms with van der Waals surface area (Å²) in [5.74, 6) is -0.412. The van der Waals surface area contributed by atoms with Gasteiger partial charge in [-0.2, -0.15) is 5.10 Å². The Hall–Kier alpha value is -3.41. The number of para-hydroxylation sites is 1. The highest BCUT2D eigenvalue weighted by molar-refractivity contribution is 6.00. The third-order valence-electron chi connectivity index (χ3n) is 3.89. The topological polar surface area (TPSA) is 86.9 Å². The molecule has 3 rings (SSSR count). The van der Waals surface area contributed by atoms with Crippen LogP contribution in [0.2, 0.25) is 0 Å². The molecule has 2 amide bonds. The molecule has 0 saturated carbocycles. The zero-order chi connectivity index (χ0) is 18.4. The minimum atomic E-state index is -0.261. The Morgan fingerprint density at radius 2 is 1.88 bits per heavy atom. The Bertz CT molecular complexity index is 903. The fraction of sp³-hybridized carbons (Fsp3) is 0.150. The van der Waals surface area contributed by atoms with Crippen LogP contribution in [0.4, 0.5) is 5.69 Å². The van der Waals surface area contributed by atoms with E-state index < -0.39 is 0 Å². The van der Waals surface area contributed by atoms with Gasteiger partial charge in [-0.3, -0.25) is 14.7 Å². The summed E-state index contributed by atoms with van der Waals surface area (Å²) < 4.78 is 0. The zero-order valence-corrected chi connectivity index (χ0v) is 14.5. The van der Waals surface area contributed by atoms with E-state index in [-0.39, 0.29) is 24.8 Å². The van der Waals surface area contributed by atoms with E-state index in [4.69, 9.17) is 0 Å². The van der Waals surface area contributed by atoms with Crippen molar-refractivity contribution in [1.82, 2.24) is 15.5 Å². The lowest BCUT2D eigenvalue weighted by Gasteiger charge is -2.07. The van der Waals surface area contributed by atoms with Gasteiger partial charge in [0.15, 0.2) is 0 Å². The van der Waals surface area contributed by atoms with E-state index in [9.17, 15) is 9.59 Å². The summed E-state index contributed by atoms with van der Waals surface area (Å²) >= 11 is 0. The molecule has 1 aromatic heterocycles. The number of nitrogens with zero attached hydrogens (tertiary/aromatic N) is 1. The predicted octanol–water partition coefficient (Wildman–Crippen LogP) is 3.14. The number of nitrogens with one attached hydrogen (secondary N) is 3. The lowest BCUT2D eigenvalue weighted by atomic mass is 10.1. The molecule has 132 valence electrons. The molecule has 0 atom stereocenters. The van der Waals surface area contributed by atoms with Gasteiger partial charge in [-0.15, -0.1) is 0 Å². The first kappa shape index (κ1) is 17.4. The smallest absolute Gasteiger partial charge is 0.255 e. The van der Waals surface area contributed by atoms with E-state index in [0.717, 1.165) is 16.8 Å². The molecule has 3 aromatic rings. The molecule has 0 radical (unpaired) electrons. The summed E-state index contributed by atoms with van der Waals surface area (Å²) in [4.78, 5) is 24.3. The maximum Gasteiger partial charge on any atom is 0.255 e. The molecule has 0 aliphatic carbocycles. The van der Waals surface area contributed by atoms with Crippen LogP contribution in [0.15, 0.2) is 60.8 Å². The van der Waals surface area contributed by atoms with Crippen molar-refractivity contribution < 1.29 is 9.59 Å². The van der Waals surface area contributed by atoms with E-state index >= 15 is 0 Å². The van der Waals surface area contributed by atoms with Gasteiger partial charge in [0.1, 0.15) is 0 Å². The van der Waals surface area contributed by atoms with Crippen LogP contribution in [0.5, 0.6) is 0 Å². The molecule has 3 N–H and O–H groups in total. The van der Waals surface area contributed by atoms with Crippen LogP contribution in [0, 0.1) is 6.92 Å². The highest BCUT2D eigenvalue weighted by Gasteiger charge is 2.15. The van der Waals surface area contributed by atoms with Gasteiger partial charge in [-0.1, -0.05) is 42.0 Å². The van der Waals surface area contributed by atoms with Gasteiger partial charge in [-0.05, 0) is 25.1 Å². The van der Waals surface area contributed by atoms with Gasteiger partial charge in [0.2, 0.25) is 5.91 Å². The lowest BCUT2D eigenvalue weighted by Crippen LogP contribution is -2.27. The summed E-state index contributed by atoms with van der Waals surface area (Å²) in [5, 5.41) is 12.4. The SMILES string of the molecule is Cc1cccc(-c2[nH]ncc2C(=O)NCCC(=O)Nc2ccccc2)c1. The number of anilines is 1. The quantitative estimate of drug-likeness (QED) is 0.639. The Morgan fingerprint density at radius 1 is 1.08 bits per heavy atom. The monoisotopic (exact) mass is 348 g/mol. The van der Waals surface area contributed by atoms with Gasteiger partial charge in [0.25, 0.3) is 5.91 Å². The van der Waals surface area contributed by atoms with Crippen LogP contribution < -0.4 is 10.6 Å². The number of hydrogen-bond acceptors (Lipinski definition) is 3. The van der Waals surface area contributed by atoms with Crippen molar-refractivity contribution in [2.24, 2.45) is 0 Å². The lowest BCUT2D eigenvalue weighted by molar-refractivity contribution is -0.116. The van der Waals surface area contributed by atoms with Crippen molar-refractivity contribution in [2.45, 2.75) is 13.3 Å². The average molecular weight is 348 g/mol. The van der Waals surface area contributed by atoms with Gasteiger partial charge in [-0.25, -0.2) is 0 Å². The third-order valence-corrected chi connectivity index (χ3v) is 3.89. The molecule has 0 spiro atoms. The number of amides is 2. The zero-order valence-electron chi connectivity index (χ0n) is 14.5. The maximum atomic E-state index is 12.4. The number of carbonyl (C=O) groups is 2. The Morgan fingerprint density at radius 3 is 2.65 bits per heavy atom. The molecule has 0 fully saturated rings. The van der Waals surface area contributed by atoms with Gasteiger partial charge in [0.05, 0.1) is 17.5 Å². The number of hydrogen-bond donors (Lipinski definition) is 3. The third kappa shape index (κ3) is 4.36. The molecule has 1 heterocycles. The molecule has 26 heavy (non-hydrogen) atoms. The molecule has 0 saturated heterocycles. The van der Waals surface area contributed by atoms with E-state index in [0.29, 0.717) is 11.3 Å². The van der Waals surface area contributed by atoms with Gasteiger partial charge < -0.3 is 10.6 Å². The second kappa shape index (κ2) is 8.11. The predicted molar refractivity (Wildman–Crippen MR) is 101 cm³/mol. The summed E-state index contributed by atoms with van der Waals surface area (Å²) in [6.07, 6.45) is 1.69. The van der Waals surface area contributed by atoms with Gasteiger partial charge >= 0.3 is 0 Å². The number of aromatic nitrogens is 2. The van der Waals surface area contributed by atoms with Crippen molar-refractivity contribution in [2.75, 3.05) is 11.9 Å². The van der Waals surface area contributed by atoms with E-state index in [1.165, 1.54) is 6.20 Å². The van der Waals surface area contributed by atoms with Crippen LogP contribution in [0.3, 0.4) is 0 Å². The standard InChI is InChI=1S/C20H20N4O2/c1-14-6-5-7-15(12-14)19-17(13-22-24-19)20(26)21-11-10-18(25)23-16-8-3-2-4-9-16/h2-9,12-13H,10-11H2,1H3,(H,21,26)(H,22,24)(H,23,25). The van der Waals surface area contributed by atoms with Gasteiger partial charge in [0, 0.05) is 24.2 Å². The Balaban J connectivity index is 1.56. The minimum absolute atomic E-state index is 0.150. The molecule has 2 aromatic carbocycles. The van der Waals surface area contributed by atoms with E-state index in [2.05, 4.69) is 20.8 Å². The minimum Gasteiger partial charge on any atom is -0.351 e. The molecule has 0 aliphatic rings. The van der Waals surface area contributed by atoms with E-state index in [1.807, 2.05) is 61.5 Å². The fourth-order valence-electron chi connectivity index (χ4n) is 2.61. The van der Waals surface area contributed by atoms with E-state index in [1.54, 1.807) is 0 Å². The molecule has 6 heteroatoms. The number of benzene rings is 2. The second-order valence-electron chi connectivity index (χ2n) is 5.95. The van der Waals surface area contributed by atoms with Crippen molar-refractivity contribution in [3.05, 3.63) is 71.9 Å². The first-order valence-electron chi connectivity index (χ1n) is 8.37. The Labute approximate surface area is 151 Å². The highest BCUT2D eigenvalue weighted by atomic mass is 16.2. The number of aryl methyl sites for hydroxylation is 1. The molecule has 0 bridgehead atoms.